The van der Waals surface area contributed by atoms with Gasteiger partial charge in [0.05, 0.1) is 0 Å². The van der Waals surface area contributed by atoms with Crippen molar-refractivity contribution in [1.29, 1.82) is 0 Å². The number of aromatic nitrogens is 1. The first-order valence-electron chi connectivity index (χ1n) is 7.06. The molecule has 0 aromatic carbocycles. The molecule has 1 saturated heterocycles. The van der Waals surface area contributed by atoms with E-state index in [0.717, 1.165) is 25.9 Å². The number of carbonyl (C=O) groups is 2. The lowest BCUT2D eigenvalue weighted by Gasteiger charge is -2.24. The van der Waals surface area contributed by atoms with Crippen molar-refractivity contribution in [2.75, 3.05) is 13.1 Å². The maximum atomic E-state index is 12.5. The molecule has 0 atom stereocenters. The van der Waals surface area contributed by atoms with Gasteiger partial charge in [-0.25, -0.2) is 0 Å². The zero-order valence-corrected chi connectivity index (χ0v) is 11.8. The molecule has 2 heterocycles. The normalized spacial score (nSPS) is 16.8. The Labute approximate surface area is 114 Å². The van der Waals surface area contributed by atoms with Gasteiger partial charge in [-0.05, 0) is 25.8 Å². The number of aryl methyl sites for hydroxylation is 1. The molecule has 19 heavy (non-hydrogen) atoms. The van der Waals surface area contributed by atoms with Crippen LogP contribution in [0.3, 0.4) is 0 Å². The summed E-state index contributed by atoms with van der Waals surface area (Å²) in [4.78, 5) is 25.8. The third-order valence-electron chi connectivity index (χ3n) is 3.77. The largest absolute Gasteiger partial charge is 0.346 e. The van der Waals surface area contributed by atoms with E-state index < -0.39 is 0 Å². The second-order valence-electron chi connectivity index (χ2n) is 5.34. The van der Waals surface area contributed by atoms with Gasteiger partial charge in [-0.15, -0.1) is 0 Å². The molecule has 0 bridgehead atoms. The van der Waals surface area contributed by atoms with Crippen molar-refractivity contribution < 1.29 is 9.59 Å². The first kappa shape index (κ1) is 13.8. The second-order valence-corrected chi connectivity index (χ2v) is 5.34. The molecular formula is C15H22N2O2. The summed E-state index contributed by atoms with van der Waals surface area (Å²) in [5, 5.41) is 0. The fourth-order valence-electron chi connectivity index (χ4n) is 2.58. The predicted molar refractivity (Wildman–Crippen MR) is 74.4 cm³/mol. The minimum Gasteiger partial charge on any atom is -0.346 e. The van der Waals surface area contributed by atoms with Gasteiger partial charge in [-0.1, -0.05) is 19.3 Å². The van der Waals surface area contributed by atoms with Crippen LogP contribution in [-0.2, 0) is 7.05 Å². The van der Waals surface area contributed by atoms with Crippen LogP contribution in [0.5, 0.6) is 0 Å². The van der Waals surface area contributed by atoms with Crippen LogP contribution in [-0.4, -0.2) is 34.2 Å². The third-order valence-corrected chi connectivity index (χ3v) is 3.77. The zero-order chi connectivity index (χ0) is 13.8. The van der Waals surface area contributed by atoms with E-state index in [-0.39, 0.29) is 11.7 Å². The maximum Gasteiger partial charge on any atom is 0.270 e. The van der Waals surface area contributed by atoms with Gasteiger partial charge in [0.2, 0.25) is 0 Å². The Morgan fingerprint density at radius 1 is 1.05 bits per heavy atom. The minimum absolute atomic E-state index is 0.00214. The monoisotopic (exact) mass is 262 g/mol. The highest BCUT2D eigenvalue weighted by atomic mass is 16.2. The van der Waals surface area contributed by atoms with Crippen LogP contribution in [0.2, 0.25) is 0 Å². The zero-order valence-electron chi connectivity index (χ0n) is 11.8. The molecule has 1 fully saturated rings. The lowest BCUT2D eigenvalue weighted by Crippen LogP contribution is -2.34. The molecule has 104 valence electrons. The lowest BCUT2D eigenvalue weighted by molar-refractivity contribution is 0.0733. The van der Waals surface area contributed by atoms with E-state index in [1.165, 1.54) is 26.2 Å². The van der Waals surface area contributed by atoms with Gasteiger partial charge in [0.25, 0.3) is 5.91 Å². The summed E-state index contributed by atoms with van der Waals surface area (Å²) in [5.74, 6) is 0.0548. The number of hydrogen-bond donors (Lipinski definition) is 0. The van der Waals surface area contributed by atoms with Crippen molar-refractivity contribution in [1.82, 2.24) is 9.47 Å². The maximum absolute atomic E-state index is 12.5. The number of nitrogens with zero attached hydrogens (tertiary/aromatic N) is 2. The Balaban J connectivity index is 2.15. The van der Waals surface area contributed by atoms with Crippen LogP contribution >= 0.6 is 0 Å². The van der Waals surface area contributed by atoms with Crippen LogP contribution in [0.15, 0.2) is 12.3 Å². The van der Waals surface area contributed by atoms with Gasteiger partial charge in [0.1, 0.15) is 5.69 Å². The molecule has 4 nitrogen and oxygen atoms in total. The first-order valence-corrected chi connectivity index (χ1v) is 7.06. The SMILES string of the molecule is CC(=O)c1cc(C(=O)N2CCCCCCC2)n(C)c1. The number of ketones is 1. The summed E-state index contributed by atoms with van der Waals surface area (Å²) in [6, 6.07) is 1.71. The number of likely N-dealkylation sites (tertiary alicyclic amines) is 1. The minimum atomic E-state index is 0.00214. The molecule has 0 N–H and O–H groups in total. The summed E-state index contributed by atoms with van der Waals surface area (Å²) in [6.07, 6.45) is 7.58. The van der Waals surface area contributed by atoms with Gasteiger partial charge >= 0.3 is 0 Å². The van der Waals surface area contributed by atoms with E-state index in [1.54, 1.807) is 16.8 Å². The second kappa shape index (κ2) is 6.04. The van der Waals surface area contributed by atoms with E-state index in [2.05, 4.69) is 0 Å². The summed E-state index contributed by atoms with van der Waals surface area (Å²) < 4.78 is 1.76. The molecule has 1 aliphatic rings. The fourth-order valence-corrected chi connectivity index (χ4v) is 2.58. The predicted octanol–water partition coefficient (Wildman–Crippen LogP) is 2.63. The third kappa shape index (κ3) is 3.25. The molecule has 1 aromatic rings. The van der Waals surface area contributed by atoms with E-state index in [0.29, 0.717) is 11.3 Å². The Morgan fingerprint density at radius 2 is 1.63 bits per heavy atom. The fraction of sp³-hybridized carbons (Fsp3) is 0.600. The Kier molecular flexibility index (Phi) is 4.40. The van der Waals surface area contributed by atoms with Gasteiger partial charge in [0, 0.05) is 31.9 Å². The quantitative estimate of drug-likeness (QED) is 0.769. The van der Waals surface area contributed by atoms with Gasteiger partial charge < -0.3 is 9.47 Å². The summed E-state index contributed by atoms with van der Waals surface area (Å²) >= 11 is 0. The lowest BCUT2D eigenvalue weighted by atomic mass is 10.1. The van der Waals surface area contributed by atoms with Gasteiger partial charge in [0.15, 0.2) is 5.78 Å². The van der Waals surface area contributed by atoms with E-state index in [4.69, 9.17) is 0 Å². The van der Waals surface area contributed by atoms with Crippen molar-refractivity contribution in [2.24, 2.45) is 7.05 Å². The van der Waals surface area contributed by atoms with Crippen molar-refractivity contribution in [3.63, 3.8) is 0 Å². The molecule has 1 aromatic heterocycles. The first-order chi connectivity index (χ1) is 9.09. The highest BCUT2D eigenvalue weighted by Gasteiger charge is 2.20. The van der Waals surface area contributed by atoms with Gasteiger partial charge in [-0.2, -0.15) is 0 Å². The van der Waals surface area contributed by atoms with Crippen LogP contribution < -0.4 is 0 Å². The number of rotatable bonds is 2. The molecule has 0 spiro atoms. The molecule has 2 rings (SSSR count). The molecule has 1 aliphatic heterocycles. The number of carbonyl (C=O) groups excluding carboxylic acids is 2. The van der Waals surface area contributed by atoms with E-state index in [9.17, 15) is 9.59 Å². The van der Waals surface area contributed by atoms with Crippen molar-refractivity contribution in [3.8, 4) is 0 Å². The summed E-state index contributed by atoms with van der Waals surface area (Å²) in [7, 11) is 1.82. The molecule has 4 heteroatoms. The van der Waals surface area contributed by atoms with Gasteiger partial charge in [-0.3, -0.25) is 9.59 Å². The van der Waals surface area contributed by atoms with Crippen molar-refractivity contribution >= 4 is 11.7 Å². The van der Waals surface area contributed by atoms with Crippen LogP contribution in [0.1, 0.15) is 59.9 Å². The van der Waals surface area contributed by atoms with Crippen LogP contribution in [0.25, 0.3) is 0 Å². The number of hydrogen-bond acceptors (Lipinski definition) is 2. The average Bonchev–Trinajstić information content (AvgIpc) is 2.70. The van der Waals surface area contributed by atoms with Crippen molar-refractivity contribution in [3.05, 3.63) is 23.5 Å². The smallest absolute Gasteiger partial charge is 0.270 e. The van der Waals surface area contributed by atoms with Crippen LogP contribution in [0, 0.1) is 0 Å². The molecule has 0 radical (unpaired) electrons. The number of amides is 1. The molecule has 0 unspecified atom stereocenters. The molecular weight excluding hydrogens is 240 g/mol. The standard InChI is InChI=1S/C15H22N2O2/c1-12(18)13-10-14(16(2)11-13)15(19)17-8-6-4-3-5-7-9-17/h10-11H,3-9H2,1-2H3. The average molecular weight is 262 g/mol. The van der Waals surface area contributed by atoms with E-state index >= 15 is 0 Å². The highest BCUT2D eigenvalue weighted by Crippen LogP contribution is 2.15. The van der Waals surface area contributed by atoms with Crippen molar-refractivity contribution in [2.45, 2.75) is 39.0 Å². The van der Waals surface area contributed by atoms with E-state index in [1.807, 2.05) is 11.9 Å². The topological polar surface area (TPSA) is 42.3 Å². The molecule has 0 aliphatic carbocycles. The Bertz CT molecular complexity index is 468. The highest BCUT2D eigenvalue weighted by molar-refractivity contribution is 5.99. The summed E-state index contributed by atoms with van der Waals surface area (Å²) in [6.45, 7) is 3.19. The number of Topliss-reactive ketones (excluding diaryl/α,β-unsaturated/α-hetero) is 1. The molecule has 1 amide bonds. The Morgan fingerprint density at radius 3 is 2.16 bits per heavy atom. The Hall–Kier alpha value is -1.58. The van der Waals surface area contributed by atoms with Crippen LogP contribution in [0.4, 0.5) is 0 Å². The molecule has 0 saturated carbocycles. The summed E-state index contributed by atoms with van der Waals surface area (Å²) in [5.41, 5.74) is 1.23.